The molecule has 1 fully saturated rings. The first kappa shape index (κ1) is 14.2. The van der Waals surface area contributed by atoms with Gasteiger partial charge in [-0.1, -0.05) is 36.4 Å². The van der Waals surface area contributed by atoms with E-state index in [0.29, 0.717) is 12.1 Å². The molecule has 0 aromatic heterocycles. The molecule has 1 heterocycles. The lowest BCUT2D eigenvalue weighted by atomic mass is 10.0. The van der Waals surface area contributed by atoms with Crippen molar-refractivity contribution in [3.8, 4) is 0 Å². The molecule has 0 bridgehead atoms. The van der Waals surface area contributed by atoms with Crippen molar-refractivity contribution in [1.29, 1.82) is 0 Å². The van der Waals surface area contributed by atoms with Crippen molar-refractivity contribution in [2.45, 2.75) is 12.5 Å². The molecule has 4 nitrogen and oxygen atoms in total. The molecule has 2 aromatic rings. The second kappa shape index (κ2) is 5.58. The van der Waals surface area contributed by atoms with Crippen molar-refractivity contribution < 1.29 is 13.2 Å². The summed E-state index contributed by atoms with van der Waals surface area (Å²) in [6.45, 7) is 0.429. The first-order chi connectivity index (χ1) is 10.0. The molecule has 0 radical (unpaired) electrons. The number of nitrogens with one attached hydrogen (secondary N) is 1. The van der Waals surface area contributed by atoms with Crippen molar-refractivity contribution in [3.63, 3.8) is 0 Å². The highest BCUT2D eigenvalue weighted by molar-refractivity contribution is 7.91. The zero-order chi connectivity index (χ0) is 14.9. The predicted octanol–water partition coefficient (Wildman–Crippen LogP) is 1.80. The maximum absolute atomic E-state index is 12.3. The highest BCUT2D eigenvalue weighted by Crippen LogP contribution is 2.18. The Hall–Kier alpha value is -1.72. The third-order valence-corrected chi connectivity index (χ3v) is 5.54. The van der Waals surface area contributed by atoms with Crippen molar-refractivity contribution in [3.05, 3.63) is 48.0 Å². The summed E-state index contributed by atoms with van der Waals surface area (Å²) in [6.07, 6.45) is 0.220. The van der Waals surface area contributed by atoms with Gasteiger partial charge in [-0.3, -0.25) is 4.79 Å². The zero-order valence-corrected chi connectivity index (χ0v) is 12.4. The van der Waals surface area contributed by atoms with E-state index in [1.54, 1.807) is 0 Å². The molecule has 5 heteroatoms. The molecule has 1 unspecified atom stereocenters. The molecular weight excluding hydrogens is 286 g/mol. The summed E-state index contributed by atoms with van der Waals surface area (Å²) in [6, 6.07) is 13.2. The number of hydrogen-bond donors (Lipinski definition) is 1. The van der Waals surface area contributed by atoms with Crippen molar-refractivity contribution >= 4 is 26.4 Å². The van der Waals surface area contributed by atoms with E-state index >= 15 is 0 Å². The van der Waals surface area contributed by atoms with Crippen LogP contribution in [0.25, 0.3) is 10.8 Å². The average molecular weight is 303 g/mol. The van der Waals surface area contributed by atoms with E-state index in [2.05, 4.69) is 5.32 Å². The number of fused-ring (bicyclic) bond motifs is 1. The Labute approximate surface area is 124 Å². The fourth-order valence-corrected chi connectivity index (χ4v) is 4.15. The van der Waals surface area contributed by atoms with Gasteiger partial charge < -0.3 is 5.32 Å². The maximum Gasteiger partial charge on any atom is 0.164 e. The van der Waals surface area contributed by atoms with E-state index in [9.17, 15) is 13.2 Å². The topological polar surface area (TPSA) is 63.2 Å². The molecule has 21 heavy (non-hydrogen) atoms. The third kappa shape index (κ3) is 3.31. The molecule has 1 saturated heterocycles. The van der Waals surface area contributed by atoms with Crippen LogP contribution in [-0.2, 0) is 9.84 Å². The Morgan fingerprint density at radius 2 is 1.90 bits per heavy atom. The van der Waals surface area contributed by atoms with Crippen LogP contribution < -0.4 is 5.32 Å². The van der Waals surface area contributed by atoms with Gasteiger partial charge >= 0.3 is 0 Å². The van der Waals surface area contributed by atoms with Crippen LogP contribution in [0.1, 0.15) is 16.8 Å². The van der Waals surface area contributed by atoms with Gasteiger partial charge in [-0.25, -0.2) is 8.42 Å². The molecule has 110 valence electrons. The van der Waals surface area contributed by atoms with Crippen molar-refractivity contribution in [2.75, 3.05) is 18.1 Å². The van der Waals surface area contributed by atoms with Gasteiger partial charge in [-0.2, -0.15) is 0 Å². The van der Waals surface area contributed by atoms with Gasteiger partial charge in [-0.05, 0) is 16.8 Å². The Kier molecular flexibility index (Phi) is 3.78. The Balaban J connectivity index is 1.77. The van der Waals surface area contributed by atoms with Gasteiger partial charge in [0.05, 0.1) is 11.5 Å². The number of hydrogen-bond acceptors (Lipinski definition) is 4. The minimum Gasteiger partial charge on any atom is -0.312 e. The van der Waals surface area contributed by atoms with Gasteiger partial charge in [0.25, 0.3) is 0 Å². The van der Waals surface area contributed by atoms with E-state index in [-0.39, 0.29) is 29.8 Å². The normalized spacial score (nSPS) is 21.2. The highest BCUT2D eigenvalue weighted by atomic mass is 32.2. The maximum atomic E-state index is 12.3. The van der Waals surface area contributed by atoms with Gasteiger partial charge in [-0.15, -0.1) is 0 Å². The molecular formula is C16H17NO3S. The molecule has 0 aliphatic carbocycles. The van der Waals surface area contributed by atoms with E-state index in [1.807, 2.05) is 42.5 Å². The quantitative estimate of drug-likeness (QED) is 0.878. The van der Waals surface area contributed by atoms with Crippen LogP contribution in [0.5, 0.6) is 0 Å². The predicted molar refractivity (Wildman–Crippen MR) is 83.3 cm³/mol. The van der Waals surface area contributed by atoms with Crippen LogP contribution in [0.3, 0.4) is 0 Å². The van der Waals surface area contributed by atoms with Crippen LogP contribution in [0.4, 0.5) is 0 Å². The number of ketones is 1. The van der Waals surface area contributed by atoms with E-state index in [1.165, 1.54) is 0 Å². The average Bonchev–Trinajstić information content (AvgIpc) is 2.45. The lowest BCUT2D eigenvalue weighted by molar-refractivity contribution is 0.0972. The second-order valence-electron chi connectivity index (χ2n) is 5.45. The Morgan fingerprint density at radius 1 is 1.14 bits per heavy atom. The third-order valence-electron chi connectivity index (χ3n) is 3.80. The van der Waals surface area contributed by atoms with Crippen LogP contribution in [0, 0.1) is 0 Å². The smallest absolute Gasteiger partial charge is 0.164 e. The Morgan fingerprint density at radius 3 is 2.67 bits per heavy atom. The molecule has 1 aliphatic rings. The lowest BCUT2D eigenvalue weighted by Crippen LogP contribution is -2.45. The fraction of sp³-hybridized carbons (Fsp3) is 0.312. The summed E-state index contributed by atoms with van der Waals surface area (Å²) >= 11 is 0. The van der Waals surface area contributed by atoms with Crippen LogP contribution in [-0.4, -0.2) is 38.3 Å². The monoisotopic (exact) mass is 303 g/mol. The standard InChI is InChI=1S/C16H17NO3S/c18-16(10-15-11-21(19,20)8-7-17-15)14-6-5-12-3-1-2-4-13(12)9-14/h1-6,9,15,17H,7-8,10-11H2. The summed E-state index contributed by atoms with van der Waals surface area (Å²) < 4.78 is 23.2. The van der Waals surface area contributed by atoms with Crippen LogP contribution >= 0.6 is 0 Å². The number of carbonyl (C=O) groups is 1. The SMILES string of the molecule is O=C(CC1CS(=O)(=O)CCN1)c1ccc2ccccc2c1. The summed E-state index contributed by atoms with van der Waals surface area (Å²) in [5.41, 5.74) is 0.637. The van der Waals surface area contributed by atoms with Gasteiger partial charge in [0, 0.05) is 24.6 Å². The lowest BCUT2D eigenvalue weighted by Gasteiger charge is -2.23. The van der Waals surface area contributed by atoms with Crippen LogP contribution in [0.2, 0.25) is 0 Å². The molecule has 1 atom stereocenters. The molecule has 3 rings (SSSR count). The summed E-state index contributed by atoms with van der Waals surface area (Å²) in [7, 11) is -3.01. The van der Waals surface area contributed by atoms with E-state index in [0.717, 1.165) is 10.8 Å². The van der Waals surface area contributed by atoms with Gasteiger partial charge in [0.1, 0.15) is 0 Å². The fourth-order valence-electron chi connectivity index (χ4n) is 2.70. The highest BCUT2D eigenvalue weighted by Gasteiger charge is 2.26. The summed E-state index contributed by atoms with van der Waals surface area (Å²) in [5, 5.41) is 5.22. The molecule has 0 spiro atoms. The number of rotatable bonds is 3. The Bertz CT molecular complexity index is 783. The minimum absolute atomic E-state index is 0.0182. The van der Waals surface area contributed by atoms with Crippen molar-refractivity contribution in [1.82, 2.24) is 5.32 Å². The number of carbonyl (C=O) groups excluding carboxylic acids is 1. The minimum atomic E-state index is -3.01. The first-order valence-corrected chi connectivity index (χ1v) is 8.81. The summed E-state index contributed by atoms with van der Waals surface area (Å²) in [5.74, 6) is 0.190. The van der Waals surface area contributed by atoms with Gasteiger partial charge in [0.15, 0.2) is 15.6 Å². The zero-order valence-electron chi connectivity index (χ0n) is 11.6. The van der Waals surface area contributed by atoms with Gasteiger partial charge in [0.2, 0.25) is 0 Å². The first-order valence-electron chi connectivity index (χ1n) is 6.99. The number of Topliss-reactive ketones (excluding diaryl/α,β-unsaturated/α-hetero) is 1. The van der Waals surface area contributed by atoms with Crippen LogP contribution in [0.15, 0.2) is 42.5 Å². The number of sulfone groups is 1. The largest absolute Gasteiger partial charge is 0.312 e. The summed E-state index contributed by atoms with van der Waals surface area (Å²) in [4.78, 5) is 12.3. The second-order valence-corrected chi connectivity index (χ2v) is 7.68. The molecule has 1 aliphatic heterocycles. The van der Waals surface area contributed by atoms with Crippen molar-refractivity contribution in [2.24, 2.45) is 0 Å². The molecule has 2 aromatic carbocycles. The molecule has 0 amide bonds. The van der Waals surface area contributed by atoms with E-state index < -0.39 is 9.84 Å². The molecule has 0 saturated carbocycles. The van der Waals surface area contributed by atoms with E-state index in [4.69, 9.17) is 0 Å². The molecule has 1 N–H and O–H groups in total. The number of benzene rings is 2.